The highest BCUT2D eigenvalue weighted by molar-refractivity contribution is 5.95. The quantitative estimate of drug-likeness (QED) is 0.895. The van der Waals surface area contributed by atoms with E-state index in [2.05, 4.69) is 22.4 Å². The van der Waals surface area contributed by atoms with Crippen LogP contribution in [0, 0.1) is 11.8 Å². The molecule has 1 aliphatic heterocycles. The van der Waals surface area contributed by atoms with Crippen LogP contribution in [0.25, 0.3) is 0 Å². The molecule has 2 fully saturated rings. The number of hydrogen-bond donors (Lipinski definition) is 2. The summed E-state index contributed by atoms with van der Waals surface area (Å²) in [7, 11) is 0. The lowest BCUT2D eigenvalue weighted by atomic mass is 9.80. The number of carbonyl (C=O) groups is 1. The molecule has 2 aliphatic rings. The Balaban J connectivity index is 1.59. The van der Waals surface area contributed by atoms with Crippen molar-refractivity contribution in [3.8, 4) is 0 Å². The molecule has 1 amide bonds. The van der Waals surface area contributed by atoms with E-state index in [0.29, 0.717) is 24.0 Å². The number of nitrogens with zero attached hydrogens (tertiary/aromatic N) is 1. The van der Waals surface area contributed by atoms with Gasteiger partial charge >= 0.3 is 0 Å². The SMILES string of the molecule is C[C@@H]1CCCC[C@H]1CNC(=O)c1cn[nH]c1[C@H]1CCOC1. The van der Waals surface area contributed by atoms with Crippen LogP contribution in [0.1, 0.15) is 61.0 Å². The maximum Gasteiger partial charge on any atom is 0.254 e. The number of aromatic nitrogens is 2. The molecule has 1 saturated carbocycles. The Labute approximate surface area is 125 Å². The van der Waals surface area contributed by atoms with Crippen LogP contribution < -0.4 is 5.32 Å². The molecule has 3 rings (SSSR count). The largest absolute Gasteiger partial charge is 0.381 e. The second kappa shape index (κ2) is 6.60. The number of amides is 1. The summed E-state index contributed by atoms with van der Waals surface area (Å²) in [5.74, 6) is 1.62. The van der Waals surface area contributed by atoms with Gasteiger partial charge in [0.05, 0.1) is 24.1 Å². The molecule has 0 aromatic carbocycles. The Kier molecular flexibility index (Phi) is 4.58. The van der Waals surface area contributed by atoms with Crippen molar-refractivity contribution in [2.24, 2.45) is 11.8 Å². The van der Waals surface area contributed by atoms with Crippen molar-refractivity contribution < 1.29 is 9.53 Å². The molecule has 3 atom stereocenters. The number of nitrogens with one attached hydrogen (secondary N) is 2. The normalized spacial score (nSPS) is 29.5. The van der Waals surface area contributed by atoms with Gasteiger partial charge in [0.25, 0.3) is 5.91 Å². The van der Waals surface area contributed by atoms with Crippen molar-refractivity contribution in [2.75, 3.05) is 19.8 Å². The Morgan fingerprint density at radius 2 is 2.29 bits per heavy atom. The van der Waals surface area contributed by atoms with Crippen LogP contribution in [0.15, 0.2) is 6.20 Å². The van der Waals surface area contributed by atoms with Crippen molar-refractivity contribution >= 4 is 5.91 Å². The standard InChI is InChI=1S/C16H25N3O2/c1-11-4-2-3-5-12(11)8-17-16(20)14-9-18-19-15(14)13-6-7-21-10-13/h9,11-13H,2-8,10H2,1H3,(H,17,20)(H,18,19)/t11-,12+,13+/m1/s1. The highest BCUT2D eigenvalue weighted by Gasteiger charge is 2.26. The van der Waals surface area contributed by atoms with Gasteiger partial charge in [-0.05, 0) is 24.7 Å². The van der Waals surface area contributed by atoms with E-state index in [-0.39, 0.29) is 11.8 Å². The van der Waals surface area contributed by atoms with Crippen LogP contribution >= 0.6 is 0 Å². The molecular formula is C16H25N3O2. The van der Waals surface area contributed by atoms with Gasteiger partial charge in [0, 0.05) is 19.1 Å². The highest BCUT2D eigenvalue weighted by atomic mass is 16.5. The van der Waals surface area contributed by atoms with Gasteiger partial charge < -0.3 is 10.1 Å². The van der Waals surface area contributed by atoms with Crippen LogP contribution in [0.4, 0.5) is 0 Å². The van der Waals surface area contributed by atoms with Gasteiger partial charge in [0.1, 0.15) is 0 Å². The second-order valence-electron chi connectivity index (χ2n) is 6.49. The van der Waals surface area contributed by atoms with E-state index in [1.54, 1.807) is 6.20 Å². The Bertz CT molecular complexity index is 480. The van der Waals surface area contributed by atoms with Gasteiger partial charge in [-0.25, -0.2) is 0 Å². The molecular weight excluding hydrogens is 266 g/mol. The predicted molar refractivity (Wildman–Crippen MR) is 80.2 cm³/mol. The summed E-state index contributed by atoms with van der Waals surface area (Å²) in [6.07, 6.45) is 7.75. The van der Waals surface area contributed by atoms with Crippen molar-refractivity contribution in [3.63, 3.8) is 0 Å². The number of hydrogen-bond acceptors (Lipinski definition) is 3. The summed E-state index contributed by atoms with van der Waals surface area (Å²) in [5.41, 5.74) is 1.62. The molecule has 0 spiro atoms. The van der Waals surface area contributed by atoms with E-state index in [0.717, 1.165) is 25.3 Å². The molecule has 21 heavy (non-hydrogen) atoms. The lowest BCUT2D eigenvalue weighted by Gasteiger charge is -2.28. The van der Waals surface area contributed by atoms with Gasteiger partial charge in [-0.3, -0.25) is 9.89 Å². The summed E-state index contributed by atoms with van der Waals surface area (Å²) >= 11 is 0. The van der Waals surface area contributed by atoms with Gasteiger partial charge in [-0.15, -0.1) is 0 Å². The van der Waals surface area contributed by atoms with Crippen LogP contribution in [0.3, 0.4) is 0 Å². The topological polar surface area (TPSA) is 67.0 Å². The zero-order chi connectivity index (χ0) is 14.7. The Morgan fingerprint density at radius 3 is 3.05 bits per heavy atom. The lowest BCUT2D eigenvalue weighted by molar-refractivity contribution is 0.0935. The highest BCUT2D eigenvalue weighted by Crippen LogP contribution is 2.29. The molecule has 2 N–H and O–H groups in total. The monoisotopic (exact) mass is 291 g/mol. The van der Waals surface area contributed by atoms with Crippen LogP contribution in [-0.2, 0) is 4.74 Å². The van der Waals surface area contributed by atoms with E-state index in [4.69, 9.17) is 4.74 Å². The maximum atomic E-state index is 12.4. The number of aromatic amines is 1. The van der Waals surface area contributed by atoms with E-state index in [1.807, 2.05) is 0 Å². The molecule has 1 saturated heterocycles. The zero-order valence-electron chi connectivity index (χ0n) is 12.7. The smallest absolute Gasteiger partial charge is 0.254 e. The molecule has 2 heterocycles. The number of ether oxygens (including phenoxy) is 1. The molecule has 116 valence electrons. The summed E-state index contributed by atoms with van der Waals surface area (Å²) in [5, 5.41) is 10.1. The molecule has 5 heteroatoms. The van der Waals surface area contributed by atoms with Gasteiger partial charge in [0.15, 0.2) is 0 Å². The van der Waals surface area contributed by atoms with Crippen LogP contribution in [0.2, 0.25) is 0 Å². The van der Waals surface area contributed by atoms with Crippen molar-refractivity contribution in [1.82, 2.24) is 15.5 Å². The number of H-pyrrole nitrogens is 1. The first-order valence-electron chi connectivity index (χ1n) is 8.15. The predicted octanol–water partition coefficient (Wildman–Crippen LogP) is 2.47. The van der Waals surface area contributed by atoms with E-state index in [9.17, 15) is 4.79 Å². The molecule has 0 bridgehead atoms. The third kappa shape index (κ3) is 3.28. The van der Waals surface area contributed by atoms with E-state index in [1.165, 1.54) is 25.7 Å². The molecule has 1 aromatic rings. The second-order valence-corrected chi connectivity index (χ2v) is 6.49. The van der Waals surface area contributed by atoms with Gasteiger partial charge in [-0.2, -0.15) is 5.10 Å². The first-order chi connectivity index (χ1) is 10.3. The summed E-state index contributed by atoms with van der Waals surface area (Å²) in [6, 6.07) is 0. The fourth-order valence-electron chi connectivity index (χ4n) is 3.57. The van der Waals surface area contributed by atoms with E-state index >= 15 is 0 Å². The third-order valence-corrected chi connectivity index (χ3v) is 5.07. The number of carbonyl (C=O) groups excluding carboxylic acids is 1. The fraction of sp³-hybridized carbons (Fsp3) is 0.750. The average Bonchev–Trinajstić information content (AvgIpc) is 3.16. The molecule has 1 aromatic heterocycles. The third-order valence-electron chi connectivity index (χ3n) is 5.07. The minimum atomic E-state index is 0.00317. The average molecular weight is 291 g/mol. The Morgan fingerprint density at radius 1 is 1.43 bits per heavy atom. The summed E-state index contributed by atoms with van der Waals surface area (Å²) in [4.78, 5) is 12.4. The molecule has 0 unspecified atom stereocenters. The summed E-state index contributed by atoms with van der Waals surface area (Å²) in [6.45, 7) is 4.54. The summed E-state index contributed by atoms with van der Waals surface area (Å²) < 4.78 is 5.41. The van der Waals surface area contributed by atoms with E-state index < -0.39 is 0 Å². The molecule has 0 radical (unpaired) electrons. The van der Waals surface area contributed by atoms with Gasteiger partial charge in [0.2, 0.25) is 0 Å². The van der Waals surface area contributed by atoms with Crippen molar-refractivity contribution in [2.45, 2.75) is 44.9 Å². The van der Waals surface area contributed by atoms with Gasteiger partial charge in [-0.1, -0.05) is 26.2 Å². The minimum absolute atomic E-state index is 0.00317. The lowest BCUT2D eigenvalue weighted by Crippen LogP contribution is -2.33. The molecule has 5 nitrogen and oxygen atoms in total. The van der Waals surface area contributed by atoms with Crippen molar-refractivity contribution in [3.05, 3.63) is 17.5 Å². The Hall–Kier alpha value is -1.36. The fourth-order valence-corrected chi connectivity index (χ4v) is 3.57. The first-order valence-corrected chi connectivity index (χ1v) is 8.15. The van der Waals surface area contributed by atoms with Crippen molar-refractivity contribution in [1.29, 1.82) is 0 Å². The zero-order valence-corrected chi connectivity index (χ0v) is 12.7. The maximum absolute atomic E-state index is 12.4. The number of rotatable bonds is 4. The minimum Gasteiger partial charge on any atom is -0.381 e. The first kappa shape index (κ1) is 14.6. The van der Waals surface area contributed by atoms with Crippen LogP contribution in [0.5, 0.6) is 0 Å². The molecule has 1 aliphatic carbocycles. The van der Waals surface area contributed by atoms with Crippen LogP contribution in [-0.4, -0.2) is 35.9 Å².